The molecule has 15 nitrogen and oxygen atoms in total. The molecule has 21 heteroatoms. The average Bonchev–Trinajstić information content (AvgIpc) is 4.22. The van der Waals surface area contributed by atoms with Crippen molar-refractivity contribution in [1.82, 2.24) is 74.8 Å². The van der Waals surface area contributed by atoms with Crippen LogP contribution in [0, 0.1) is 0 Å². The van der Waals surface area contributed by atoms with E-state index in [0.29, 0.717) is 49.9 Å². The number of pyridine rings is 6. The Kier molecular flexibility index (Phi) is 15.0. The fourth-order valence-corrected chi connectivity index (χ4v) is 10.0. The third-order valence-electron chi connectivity index (χ3n) is 9.81. The molecular formula is C51H30Cl3N15S3. The molecule has 0 saturated heterocycles. The summed E-state index contributed by atoms with van der Waals surface area (Å²) in [5, 5.41) is 3.85. The topological polar surface area (TPSA) is 193 Å². The molecule has 12 aromatic heterocycles. The van der Waals surface area contributed by atoms with Gasteiger partial charge in [-0.3, -0.25) is 15.0 Å². The van der Waals surface area contributed by atoms with Crippen molar-refractivity contribution < 1.29 is 0 Å². The van der Waals surface area contributed by atoms with Crippen LogP contribution >= 0.6 is 68.8 Å². The molecule has 72 heavy (non-hydrogen) atoms. The Balaban J connectivity index is 0.000000124. The van der Waals surface area contributed by atoms with Crippen molar-refractivity contribution in [3.05, 3.63) is 199 Å². The fourth-order valence-electron chi connectivity index (χ4n) is 6.53. The first-order valence-electron chi connectivity index (χ1n) is 21.4. The summed E-state index contributed by atoms with van der Waals surface area (Å²) >= 11 is 23.0. The lowest BCUT2D eigenvalue weighted by Gasteiger charge is -2.02. The lowest BCUT2D eigenvalue weighted by Crippen LogP contribution is -1.92. The van der Waals surface area contributed by atoms with Gasteiger partial charge in [0.25, 0.3) is 0 Å². The summed E-state index contributed by atoms with van der Waals surface area (Å²) in [6, 6.07) is 32.2. The SMILES string of the molecule is Clc1cnc(-c2cccc(-c3sc(-c4cccnc4)nc3Cl)n2)nc1.Clc1nc(-c2cccnc2)sc1-c1cccc(-c2ncccn2)n1.c1cnc(-c2cccc(-c3cnc(-c4cccnc4)s3)n2)nc1. The Bertz CT molecular complexity index is 3690. The average molecular weight is 1060 g/mol. The number of aromatic nitrogens is 15. The predicted octanol–water partition coefficient (Wildman–Crippen LogP) is 13.1. The predicted molar refractivity (Wildman–Crippen MR) is 284 cm³/mol. The number of halogens is 3. The minimum Gasteiger partial charge on any atom is -0.264 e. The van der Waals surface area contributed by atoms with Crippen LogP contribution in [-0.2, 0) is 0 Å². The molecule has 12 heterocycles. The summed E-state index contributed by atoms with van der Waals surface area (Å²) in [4.78, 5) is 67.5. The number of hydrogen-bond acceptors (Lipinski definition) is 18. The lowest BCUT2D eigenvalue weighted by molar-refractivity contribution is 1.14. The first-order valence-corrected chi connectivity index (χ1v) is 24.9. The normalized spacial score (nSPS) is 10.7. The van der Waals surface area contributed by atoms with Crippen LogP contribution in [0.3, 0.4) is 0 Å². The van der Waals surface area contributed by atoms with Crippen molar-refractivity contribution in [2.45, 2.75) is 0 Å². The summed E-state index contributed by atoms with van der Waals surface area (Å²) in [6.45, 7) is 0. The van der Waals surface area contributed by atoms with Crippen LogP contribution in [0.1, 0.15) is 0 Å². The van der Waals surface area contributed by atoms with Crippen molar-refractivity contribution >= 4 is 68.8 Å². The number of rotatable bonds is 9. The minimum absolute atomic E-state index is 0.408. The highest BCUT2D eigenvalue weighted by Crippen LogP contribution is 2.39. The van der Waals surface area contributed by atoms with E-state index in [1.807, 2.05) is 103 Å². The minimum atomic E-state index is 0.408. The van der Waals surface area contributed by atoms with Crippen molar-refractivity contribution in [3.63, 3.8) is 0 Å². The largest absolute Gasteiger partial charge is 0.264 e. The van der Waals surface area contributed by atoms with E-state index in [-0.39, 0.29) is 0 Å². The Hall–Kier alpha value is -8.10. The van der Waals surface area contributed by atoms with Gasteiger partial charge in [0.1, 0.15) is 42.4 Å². The zero-order valence-corrected chi connectivity index (χ0v) is 41.6. The first-order chi connectivity index (χ1) is 35.4. The molecule has 0 aliphatic heterocycles. The van der Waals surface area contributed by atoms with Gasteiger partial charge in [-0.05, 0) is 84.9 Å². The number of thiazole rings is 3. The van der Waals surface area contributed by atoms with E-state index in [4.69, 9.17) is 34.8 Å². The van der Waals surface area contributed by atoms with E-state index in [1.165, 1.54) is 22.7 Å². The van der Waals surface area contributed by atoms with Crippen LogP contribution in [0.5, 0.6) is 0 Å². The third kappa shape index (κ3) is 11.6. The summed E-state index contributed by atoms with van der Waals surface area (Å²) in [5.74, 6) is 1.69. The smallest absolute Gasteiger partial charge is 0.178 e. The zero-order chi connectivity index (χ0) is 49.1. The van der Waals surface area contributed by atoms with Gasteiger partial charge in [-0.25, -0.2) is 59.8 Å². The van der Waals surface area contributed by atoms with Crippen molar-refractivity contribution in [2.75, 3.05) is 0 Å². The monoisotopic (exact) mass is 1050 g/mol. The Morgan fingerprint density at radius 2 is 0.708 bits per heavy atom. The lowest BCUT2D eigenvalue weighted by atomic mass is 10.2. The van der Waals surface area contributed by atoms with E-state index < -0.39 is 0 Å². The molecule has 0 saturated carbocycles. The molecule has 12 rings (SSSR count). The maximum absolute atomic E-state index is 6.34. The first kappa shape index (κ1) is 47.6. The molecule has 0 aromatic carbocycles. The molecule has 0 atom stereocenters. The van der Waals surface area contributed by atoms with Crippen LogP contribution in [0.4, 0.5) is 0 Å². The van der Waals surface area contributed by atoms with E-state index in [1.54, 1.807) is 91.6 Å². The fraction of sp³-hybridized carbons (Fsp3) is 0. The highest BCUT2D eigenvalue weighted by molar-refractivity contribution is 7.19. The molecule has 348 valence electrons. The van der Waals surface area contributed by atoms with E-state index >= 15 is 0 Å². The second kappa shape index (κ2) is 22.8. The molecule has 0 amide bonds. The third-order valence-corrected chi connectivity index (χ3v) is 14.1. The highest BCUT2D eigenvalue weighted by atomic mass is 35.5. The van der Waals surface area contributed by atoms with Crippen molar-refractivity contribution in [3.8, 4) is 98.0 Å². The molecule has 0 spiro atoms. The summed E-state index contributed by atoms with van der Waals surface area (Å²) in [5.41, 5.74) is 7.26. The van der Waals surface area contributed by atoms with Crippen LogP contribution in [0.15, 0.2) is 184 Å². The van der Waals surface area contributed by atoms with Crippen LogP contribution in [0.25, 0.3) is 98.0 Å². The maximum atomic E-state index is 6.34. The van der Waals surface area contributed by atoms with Gasteiger partial charge in [0, 0.05) is 97.2 Å². The van der Waals surface area contributed by atoms with Gasteiger partial charge in [0.2, 0.25) is 0 Å². The van der Waals surface area contributed by atoms with Crippen molar-refractivity contribution in [1.29, 1.82) is 0 Å². The van der Waals surface area contributed by atoms with Crippen LogP contribution < -0.4 is 0 Å². The number of nitrogens with zero attached hydrogens (tertiary/aromatic N) is 15. The molecule has 0 bridgehead atoms. The Morgan fingerprint density at radius 1 is 0.306 bits per heavy atom. The summed E-state index contributed by atoms with van der Waals surface area (Å²) < 4.78 is 0. The maximum Gasteiger partial charge on any atom is 0.178 e. The van der Waals surface area contributed by atoms with Gasteiger partial charge in [-0.2, -0.15) is 0 Å². The van der Waals surface area contributed by atoms with Crippen LogP contribution in [-0.4, -0.2) is 74.8 Å². The molecular weight excluding hydrogens is 1030 g/mol. The van der Waals surface area contributed by atoms with Gasteiger partial charge in [0.05, 0.1) is 36.7 Å². The second-order valence-electron chi connectivity index (χ2n) is 14.6. The van der Waals surface area contributed by atoms with Gasteiger partial charge in [0.15, 0.2) is 17.5 Å². The van der Waals surface area contributed by atoms with Crippen molar-refractivity contribution in [2.24, 2.45) is 0 Å². The molecule has 12 aromatic rings. The van der Waals surface area contributed by atoms with Crippen LogP contribution in [0.2, 0.25) is 15.3 Å². The van der Waals surface area contributed by atoms with Gasteiger partial charge >= 0.3 is 0 Å². The Labute approximate surface area is 437 Å². The standard InChI is InChI=1S/C17H9Cl2N5S.C17H10ClN5S.C17H11N5S/c18-11-8-21-16(22-9-11)13-5-1-4-12(23-13)14-15(19)24-17(25-14)10-3-2-6-20-7-10;18-15-14(24-17(23-15)11-4-2-7-19-10-11)12-5-1-6-13(22-12)16-20-8-3-9-21-16;1-5-13(22-14(6-1)16-19-8-3-9-20-16)15-11-21-17(23-15)12-4-2-7-18-10-12/h1-9H;1-10H;1-11H. The number of hydrogen-bond donors (Lipinski definition) is 0. The summed E-state index contributed by atoms with van der Waals surface area (Å²) in [6.07, 6.45) is 22.3. The molecule has 0 radical (unpaired) electrons. The van der Waals surface area contributed by atoms with Gasteiger partial charge < -0.3 is 0 Å². The van der Waals surface area contributed by atoms with E-state index in [0.717, 1.165) is 63.4 Å². The van der Waals surface area contributed by atoms with E-state index in [2.05, 4.69) is 74.8 Å². The zero-order valence-electron chi connectivity index (χ0n) is 36.9. The van der Waals surface area contributed by atoms with Gasteiger partial charge in [-0.1, -0.05) is 53.0 Å². The summed E-state index contributed by atoms with van der Waals surface area (Å²) in [7, 11) is 0. The molecule has 0 fully saturated rings. The molecule has 0 N–H and O–H groups in total. The second-order valence-corrected chi connectivity index (χ2v) is 18.8. The molecule has 0 unspecified atom stereocenters. The van der Waals surface area contributed by atoms with E-state index in [9.17, 15) is 0 Å². The highest BCUT2D eigenvalue weighted by Gasteiger charge is 2.17. The quantitative estimate of drug-likeness (QED) is 0.132. The van der Waals surface area contributed by atoms with Gasteiger partial charge in [-0.15, -0.1) is 34.0 Å². The molecule has 0 aliphatic carbocycles. The Morgan fingerprint density at radius 3 is 1.15 bits per heavy atom. The molecule has 0 aliphatic rings.